The monoisotopic (exact) mass is 515 g/mol. The van der Waals surface area contributed by atoms with Gasteiger partial charge in [0.25, 0.3) is 5.91 Å². The Kier molecular flexibility index (Phi) is 7.02. The number of Topliss-reactive ketones (excluding diaryl/α,β-unsaturated/α-hetero) is 1. The minimum atomic E-state index is -0.776. The maximum atomic E-state index is 13.8. The molecule has 0 aliphatic carbocycles. The fourth-order valence-corrected chi connectivity index (χ4v) is 5.03. The molecular weight excluding hydrogens is 486 g/mol. The molecule has 2 aliphatic rings. The minimum Gasteiger partial charge on any atom is -0.508 e. The van der Waals surface area contributed by atoms with Gasteiger partial charge in [-0.1, -0.05) is 0 Å². The van der Waals surface area contributed by atoms with Gasteiger partial charge in [-0.2, -0.15) is 0 Å². The average Bonchev–Trinajstić information content (AvgIpc) is 2.96. The summed E-state index contributed by atoms with van der Waals surface area (Å²) < 4.78 is 10.7. The van der Waals surface area contributed by atoms with Crippen molar-refractivity contribution in [1.29, 1.82) is 0 Å². The van der Waals surface area contributed by atoms with Gasteiger partial charge in [0.1, 0.15) is 5.75 Å². The molecule has 0 saturated carbocycles. The number of methoxy groups -OCH3 is 2. The third-order valence-corrected chi connectivity index (χ3v) is 7.04. The summed E-state index contributed by atoms with van der Waals surface area (Å²) in [5.41, 5.74) is 2.58. The van der Waals surface area contributed by atoms with Crippen LogP contribution < -0.4 is 24.6 Å². The first-order chi connectivity index (χ1) is 18.4. The minimum absolute atomic E-state index is 0.0214. The summed E-state index contributed by atoms with van der Waals surface area (Å²) >= 11 is 0. The van der Waals surface area contributed by atoms with E-state index in [9.17, 15) is 19.5 Å². The van der Waals surface area contributed by atoms with E-state index in [1.165, 1.54) is 38.5 Å². The van der Waals surface area contributed by atoms with E-state index in [0.29, 0.717) is 28.3 Å². The third-order valence-electron chi connectivity index (χ3n) is 7.04. The van der Waals surface area contributed by atoms with Crippen molar-refractivity contribution in [2.75, 3.05) is 50.2 Å². The average molecular weight is 516 g/mol. The zero-order valence-corrected chi connectivity index (χ0v) is 21.3. The van der Waals surface area contributed by atoms with Gasteiger partial charge in [0.15, 0.2) is 17.3 Å². The Hall–Kier alpha value is -4.37. The highest BCUT2D eigenvalue weighted by Crippen LogP contribution is 2.41. The Morgan fingerprint density at radius 1 is 0.895 bits per heavy atom. The number of piperazine rings is 1. The second kappa shape index (κ2) is 10.5. The van der Waals surface area contributed by atoms with Gasteiger partial charge in [0.2, 0.25) is 5.91 Å². The van der Waals surface area contributed by atoms with Crippen LogP contribution in [0.3, 0.4) is 0 Å². The molecule has 3 aromatic rings. The smallest absolute Gasteiger partial charge is 0.265 e. The SMILES string of the molecule is COc1ccc(C(=O)C2CC(=O)N(C(=O)c3ccc(O)cc3)c3ccc(N4CCNCC4)cc32)cc1OC. The molecular formula is C29H29N3O6. The maximum absolute atomic E-state index is 13.8. The molecule has 0 radical (unpaired) electrons. The van der Waals surface area contributed by atoms with E-state index in [0.717, 1.165) is 36.8 Å². The molecule has 2 amide bonds. The van der Waals surface area contributed by atoms with Crippen molar-refractivity contribution in [1.82, 2.24) is 5.32 Å². The number of aromatic hydroxyl groups is 1. The number of ketones is 1. The molecule has 2 aliphatic heterocycles. The third kappa shape index (κ3) is 4.68. The van der Waals surface area contributed by atoms with Crippen molar-refractivity contribution in [3.63, 3.8) is 0 Å². The number of hydrogen-bond donors (Lipinski definition) is 2. The number of carbonyl (C=O) groups excluding carboxylic acids is 3. The number of ether oxygens (including phenoxy) is 2. The number of anilines is 2. The van der Waals surface area contributed by atoms with Crippen molar-refractivity contribution < 1.29 is 29.0 Å². The van der Waals surface area contributed by atoms with Crippen LogP contribution in [0.1, 0.15) is 38.6 Å². The summed E-state index contributed by atoms with van der Waals surface area (Å²) in [4.78, 5) is 44.1. The fraction of sp³-hybridized carbons (Fsp3) is 0.276. The number of phenolic OH excluding ortho intramolecular Hbond substituents is 1. The number of hydrogen-bond acceptors (Lipinski definition) is 8. The van der Waals surface area contributed by atoms with Gasteiger partial charge in [0.05, 0.1) is 25.8 Å². The molecule has 1 fully saturated rings. The van der Waals surface area contributed by atoms with Gasteiger partial charge in [-0.15, -0.1) is 0 Å². The van der Waals surface area contributed by atoms with Crippen LogP contribution in [0.15, 0.2) is 60.7 Å². The summed E-state index contributed by atoms with van der Waals surface area (Å²) in [6.45, 7) is 3.30. The largest absolute Gasteiger partial charge is 0.508 e. The van der Waals surface area contributed by atoms with E-state index in [-0.39, 0.29) is 23.5 Å². The Morgan fingerprint density at radius 3 is 2.26 bits per heavy atom. The predicted molar refractivity (Wildman–Crippen MR) is 143 cm³/mol. The molecule has 1 saturated heterocycles. The Morgan fingerprint density at radius 2 is 1.58 bits per heavy atom. The van der Waals surface area contributed by atoms with Gasteiger partial charge in [-0.05, 0) is 66.2 Å². The summed E-state index contributed by atoms with van der Waals surface area (Å²) in [6, 6.07) is 16.2. The molecule has 9 heteroatoms. The normalized spacial score (nSPS) is 17.1. The molecule has 0 aromatic heterocycles. The van der Waals surface area contributed by atoms with E-state index in [1.807, 2.05) is 12.1 Å². The summed E-state index contributed by atoms with van der Waals surface area (Å²) in [7, 11) is 3.02. The first kappa shape index (κ1) is 25.3. The molecule has 1 atom stereocenters. The van der Waals surface area contributed by atoms with Crippen LogP contribution in [0, 0.1) is 0 Å². The molecule has 2 heterocycles. The zero-order chi connectivity index (χ0) is 26.8. The Balaban J connectivity index is 1.58. The van der Waals surface area contributed by atoms with E-state index < -0.39 is 17.7 Å². The van der Waals surface area contributed by atoms with Crippen molar-refractivity contribution in [3.8, 4) is 17.2 Å². The molecule has 1 unspecified atom stereocenters. The van der Waals surface area contributed by atoms with Gasteiger partial charge < -0.3 is 24.8 Å². The second-order valence-electron chi connectivity index (χ2n) is 9.25. The summed E-state index contributed by atoms with van der Waals surface area (Å²) in [5, 5.41) is 13.0. The van der Waals surface area contributed by atoms with Gasteiger partial charge >= 0.3 is 0 Å². The van der Waals surface area contributed by atoms with Crippen LogP contribution in [0.4, 0.5) is 11.4 Å². The number of amides is 2. The second-order valence-corrected chi connectivity index (χ2v) is 9.25. The van der Waals surface area contributed by atoms with Crippen LogP contribution in [-0.4, -0.2) is 63.1 Å². The van der Waals surface area contributed by atoms with E-state index in [1.54, 1.807) is 24.3 Å². The van der Waals surface area contributed by atoms with Crippen molar-refractivity contribution in [2.24, 2.45) is 0 Å². The predicted octanol–water partition coefficient (Wildman–Crippen LogP) is 3.36. The van der Waals surface area contributed by atoms with E-state index in [4.69, 9.17) is 9.47 Å². The number of rotatable bonds is 6. The number of fused-ring (bicyclic) bond motifs is 1. The summed E-state index contributed by atoms with van der Waals surface area (Å²) in [5.74, 6) is -1.06. The standard InChI is InChI=1S/C29H29N3O6/c1-37-25-10-5-19(15-26(25)38-2)28(35)23-17-27(34)32(29(36)18-3-7-21(33)8-4-18)24-9-6-20(16-22(23)24)31-13-11-30-12-14-31/h3-10,15-16,23,30,33H,11-14,17H2,1-2H3. The quantitative estimate of drug-likeness (QED) is 0.380. The van der Waals surface area contributed by atoms with Crippen LogP contribution in [0.5, 0.6) is 17.2 Å². The highest BCUT2D eigenvalue weighted by Gasteiger charge is 2.39. The number of carbonyl (C=O) groups is 3. The lowest BCUT2D eigenvalue weighted by molar-refractivity contribution is -0.118. The number of nitrogens with one attached hydrogen (secondary N) is 1. The Labute approximate surface area is 220 Å². The fourth-order valence-electron chi connectivity index (χ4n) is 5.03. The van der Waals surface area contributed by atoms with Gasteiger partial charge in [0, 0.05) is 49.4 Å². The lowest BCUT2D eigenvalue weighted by Crippen LogP contribution is -2.44. The molecule has 0 bridgehead atoms. The van der Waals surface area contributed by atoms with Crippen LogP contribution in [0.2, 0.25) is 0 Å². The molecule has 2 N–H and O–H groups in total. The number of benzene rings is 3. The van der Waals surface area contributed by atoms with Crippen LogP contribution >= 0.6 is 0 Å². The highest BCUT2D eigenvalue weighted by atomic mass is 16.5. The topological polar surface area (TPSA) is 108 Å². The molecule has 0 spiro atoms. The van der Waals surface area contributed by atoms with E-state index in [2.05, 4.69) is 10.2 Å². The highest BCUT2D eigenvalue weighted by molar-refractivity contribution is 6.24. The maximum Gasteiger partial charge on any atom is 0.265 e. The first-order valence-corrected chi connectivity index (χ1v) is 12.4. The summed E-state index contributed by atoms with van der Waals surface area (Å²) in [6.07, 6.45) is -0.158. The van der Waals surface area contributed by atoms with Crippen LogP contribution in [-0.2, 0) is 4.79 Å². The van der Waals surface area contributed by atoms with Crippen molar-refractivity contribution in [3.05, 3.63) is 77.4 Å². The molecule has 3 aromatic carbocycles. The van der Waals surface area contributed by atoms with E-state index >= 15 is 0 Å². The van der Waals surface area contributed by atoms with Gasteiger partial charge in [-0.25, -0.2) is 4.90 Å². The lowest BCUT2D eigenvalue weighted by atomic mass is 9.83. The molecule has 196 valence electrons. The zero-order valence-electron chi connectivity index (χ0n) is 21.3. The van der Waals surface area contributed by atoms with Crippen molar-refractivity contribution >= 4 is 29.0 Å². The number of phenols is 1. The van der Waals surface area contributed by atoms with Crippen LogP contribution in [0.25, 0.3) is 0 Å². The number of nitrogens with zero attached hydrogens (tertiary/aromatic N) is 2. The molecule has 5 rings (SSSR count). The Bertz CT molecular complexity index is 1380. The molecule has 38 heavy (non-hydrogen) atoms. The van der Waals surface area contributed by atoms with Gasteiger partial charge in [-0.3, -0.25) is 14.4 Å². The lowest BCUT2D eigenvalue weighted by Gasteiger charge is -2.35. The first-order valence-electron chi connectivity index (χ1n) is 12.4. The van der Waals surface area contributed by atoms with Crippen molar-refractivity contribution in [2.45, 2.75) is 12.3 Å². The molecule has 9 nitrogen and oxygen atoms in total. The number of imide groups is 1.